The molecular weight excluding hydrogens is 324 g/mol. The average Bonchev–Trinajstić information content (AvgIpc) is 2.76. The maximum atomic E-state index is 13.0. The highest BCUT2D eigenvalue weighted by Crippen LogP contribution is 2.41. The van der Waals surface area contributed by atoms with Gasteiger partial charge in [-0.2, -0.15) is 0 Å². The Kier molecular flexibility index (Phi) is 3.78. The Balaban J connectivity index is 1.76. The number of benzene rings is 1. The molecule has 0 saturated carbocycles. The van der Waals surface area contributed by atoms with Gasteiger partial charge in [0, 0.05) is 18.7 Å². The van der Waals surface area contributed by atoms with E-state index in [1.54, 1.807) is 19.9 Å². The standard InChI is InChI=1S/C15H15F2N3O4/c1-8(2)20-13(21)6-12(19-14(20)22)18-7-9-3-4-10-11(5-9)24-15(16,17)23-10/h3-6,8,18H,7H2,1-2H3,(H,19,22). The Morgan fingerprint density at radius 3 is 2.58 bits per heavy atom. The highest BCUT2D eigenvalue weighted by atomic mass is 19.3. The van der Waals surface area contributed by atoms with E-state index in [1.165, 1.54) is 18.2 Å². The predicted octanol–water partition coefficient (Wildman–Crippen LogP) is 2.05. The van der Waals surface area contributed by atoms with Crippen LogP contribution in [0.3, 0.4) is 0 Å². The van der Waals surface area contributed by atoms with Crippen molar-refractivity contribution in [1.82, 2.24) is 9.55 Å². The van der Waals surface area contributed by atoms with Crippen LogP contribution in [0.2, 0.25) is 0 Å². The molecule has 3 rings (SSSR count). The number of aromatic amines is 1. The summed E-state index contributed by atoms with van der Waals surface area (Å²) in [6, 6.07) is 5.35. The maximum Gasteiger partial charge on any atom is 0.586 e. The first kappa shape index (κ1) is 16.0. The Bertz CT molecular complexity index is 858. The lowest BCUT2D eigenvalue weighted by atomic mass is 10.2. The Morgan fingerprint density at radius 2 is 1.92 bits per heavy atom. The van der Waals surface area contributed by atoms with Crippen LogP contribution < -0.4 is 26.0 Å². The second-order valence-electron chi connectivity index (χ2n) is 5.59. The van der Waals surface area contributed by atoms with Crippen molar-refractivity contribution >= 4 is 5.82 Å². The molecule has 0 saturated heterocycles. The first-order chi connectivity index (χ1) is 11.2. The normalized spacial score (nSPS) is 14.9. The van der Waals surface area contributed by atoms with Crippen LogP contribution in [-0.4, -0.2) is 15.8 Å². The van der Waals surface area contributed by atoms with Crippen molar-refractivity contribution in [3.8, 4) is 11.5 Å². The van der Waals surface area contributed by atoms with Gasteiger partial charge in [-0.1, -0.05) is 6.07 Å². The highest BCUT2D eigenvalue weighted by Gasteiger charge is 2.43. The number of alkyl halides is 2. The number of aromatic nitrogens is 2. The highest BCUT2D eigenvalue weighted by molar-refractivity contribution is 5.46. The van der Waals surface area contributed by atoms with Crippen LogP contribution in [0, 0.1) is 0 Å². The number of rotatable bonds is 4. The molecule has 0 unspecified atom stereocenters. The molecule has 0 atom stereocenters. The molecule has 1 aromatic carbocycles. The lowest BCUT2D eigenvalue weighted by molar-refractivity contribution is -0.286. The van der Waals surface area contributed by atoms with Gasteiger partial charge in [0.1, 0.15) is 5.82 Å². The molecule has 0 fully saturated rings. The third-order valence-corrected chi connectivity index (χ3v) is 3.43. The van der Waals surface area contributed by atoms with Gasteiger partial charge in [0.25, 0.3) is 5.56 Å². The van der Waals surface area contributed by atoms with E-state index in [9.17, 15) is 18.4 Å². The molecule has 128 valence electrons. The quantitative estimate of drug-likeness (QED) is 0.890. The molecule has 0 radical (unpaired) electrons. The van der Waals surface area contributed by atoms with Crippen molar-refractivity contribution in [2.75, 3.05) is 5.32 Å². The lowest BCUT2D eigenvalue weighted by Crippen LogP contribution is -2.36. The van der Waals surface area contributed by atoms with Crippen LogP contribution in [0.25, 0.3) is 0 Å². The molecule has 1 aromatic heterocycles. The van der Waals surface area contributed by atoms with E-state index in [0.29, 0.717) is 5.56 Å². The van der Waals surface area contributed by atoms with E-state index >= 15 is 0 Å². The van der Waals surface area contributed by atoms with Crippen molar-refractivity contribution < 1.29 is 18.3 Å². The molecule has 0 aliphatic carbocycles. The molecule has 7 nitrogen and oxygen atoms in total. The van der Waals surface area contributed by atoms with E-state index < -0.39 is 17.5 Å². The number of hydrogen-bond acceptors (Lipinski definition) is 5. The minimum Gasteiger partial charge on any atom is -0.395 e. The van der Waals surface area contributed by atoms with Gasteiger partial charge in [-0.05, 0) is 31.5 Å². The minimum absolute atomic E-state index is 0.0447. The van der Waals surface area contributed by atoms with Crippen molar-refractivity contribution in [1.29, 1.82) is 0 Å². The third kappa shape index (κ3) is 3.10. The van der Waals surface area contributed by atoms with Crippen molar-refractivity contribution in [3.63, 3.8) is 0 Å². The number of nitrogens with one attached hydrogen (secondary N) is 2. The van der Waals surface area contributed by atoms with E-state index in [2.05, 4.69) is 19.8 Å². The van der Waals surface area contributed by atoms with E-state index in [1.807, 2.05) is 0 Å². The van der Waals surface area contributed by atoms with Crippen LogP contribution in [-0.2, 0) is 6.54 Å². The zero-order valence-corrected chi connectivity index (χ0v) is 12.9. The van der Waals surface area contributed by atoms with Crippen LogP contribution in [0.15, 0.2) is 33.9 Å². The number of anilines is 1. The van der Waals surface area contributed by atoms with E-state index in [4.69, 9.17) is 0 Å². The van der Waals surface area contributed by atoms with Gasteiger partial charge in [0.15, 0.2) is 11.5 Å². The summed E-state index contributed by atoms with van der Waals surface area (Å²) in [5.41, 5.74) is -0.337. The molecular formula is C15H15F2N3O4. The predicted molar refractivity (Wildman–Crippen MR) is 81.7 cm³/mol. The SMILES string of the molecule is CC(C)n1c(=O)cc(NCc2ccc3c(c2)OC(F)(F)O3)[nH]c1=O. The number of ether oxygens (including phenoxy) is 2. The molecule has 9 heteroatoms. The topological polar surface area (TPSA) is 85.3 Å². The summed E-state index contributed by atoms with van der Waals surface area (Å²) in [5.74, 6) is 0.129. The van der Waals surface area contributed by atoms with Gasteiger partial charge < -0.3 is 14.8 Å². The molecule has 0 bridgehead atoms. The summed E-state index contributed by atoms with van der Waals surface area (Å²) in [5, 5.41) is 2.87. The summed E-state index contributed by atoms with van der Waals surface area (Å²) in [6.07, 6.45) is -3.67. The fraction of sp³-hybridized carbons (Fsp3) is 0.333. The van der Waals surface area contributed by atoms with Gasteiger partial charge in [0.05, 0.1) is 0 Å². The number of halogens is 2. The summed E-state index contributed by atoms with van der Waals surface area (Å²) >= 11 is 0. The fourth-order valence-corrected chi connectivity index (χ4v) is 2.39. The third-order valence-electron chi connectivity index (χ3n) is 3.43. The van der Waals surface area contributed by atoms with Gasteiger partial charge in [0.2, 0.25) is 0 Å². The maximum absolute atomic E-state index is 13.0. The Labute approximate surface area is 134 Å². The van der Waals surface area contributed by atoms with E-state index in [-0.39, 0.29) is 29.9 Å². The molecule has 24 heavy (non-hydrogen) atoms. The second-order valence-corrected chi connectivity index (χ2v) is 5.59. The second kappa shape index (κ2) is 5.66. The lowest BCUT2D eigenvalue weighted by Gasteiger charge is -2.11. The van der Waals surface area contributed by atoms with Crippen LogP contribution >= 0.6 is 0 Å². The largest absolute Gasteiger partial charge is 0.586 e. The molecule has 1 aliphatic heterocycles. The van der Waals surface area contributed by atoms with Gasteiger partial charge in [-0.3, -0.25) is 14.3 Å². The summed E-state index contributed by atoms with van der Waals surface area (Å²) in [6.45, 7) is 3.65. The fourth-order valence-electron chi connectivity index (χ4n) is 2.39. The molecule has 1 aliphatic rings. The smallest absolute Gasteiger partial charge is 0.395 e. The molecule has 2 aromatic rings. The first-order valence-electron chi connectivity index (χ1n) is 7.24. The monoisotopic (exact) mass is 339 g/mol. The molecule has 0 spiro atoms. The summed E-state index contributed by atoms with van der Waals surface area (Å²) < 4.78 is 35.7. The first-order valence-corrected chi connectivity index (χ1v) is 7.24. The zero-order valence-electron chi connectivity index (χ0n) is 12.9. The van der Waals surface area contributed by atoms with Crippen molar-refractivity contribution in [2.45, 2.75) is 32.7 Å². The molecule has 2 N–H and O–H groups in total. The Morgan fingerprint density at radius 1 is 1.21 bits per heavy atom. The van der Waals surface area contributed by atoms with Crippen LogP contribution in [0.5, 0.6) is 11.5 Å². The number of H-pyrrole nitrogens is 1. The van der Waals surface area contributed by atoms with Gasteiger partial charge >= 0.3 is 12.0 Å². The number of fused-ring (bicyclic) bond motifs is 1. The average molecular weight is 339 g/mol. The number of hydrogen-bond donors (Lipinski definition) is 2. The zero-order chi connectivity index (χ0) is 17.5. The van der Waals surface area contributed by atoms with Crippen LogP contribution in [0.4, 0.5) is 14.6 Å². The molecule has 2 heterocycles. The summed E-state index contributed by atoms with van der Waals surface area (Å²) in [7, 11) is 0. The van der Waals surface area contributed by atoms with Gasteiger partial charge in [-0.25, -0.2) is 4.79 Å². The minimum atomic E-state index is -3.67. The van der Waals surface area contributed by atoms with E-state index in [0.717, 1.165) is 4.57 Å². The van der Waals surface area contributed by atoms with Crippen LogP contribution in [0.1, 0.15) is 25.5 Å². The van der Waals surface area contributed by atoms with Crippen molar-refractivity contribution in [3.05, 3.63) is 50.7 Å². The van der Waals surface area contributed by atoms with Gasteiger partial charge in [-0.15, -0.1) is 8.78 Å². The summed E-state index contributed by atoms with van der Waals surface area (Å²) in [4.78, 5) is 26.4. The number of nitrogens with zero attached hydrogens (tertiary/aromatic N) is 1. The van der Waals surface area contributed by atoms with Crippen molar-refractivity contribution in [2.24, 2.45) is 0 Å². The Hall–Kier alpha value is -2.84. The molecule has 0 amide bonds.